The molecule has 9 nitrogen and oxygen atoms in total. The number of rotatable bonds is 10. The average molecular weight is 398 g/mol. The summed E-state index contributed by atoms with van der Waals surface area (Å²) in [4.78, 5) is 34.0. The van der Waals surface area contributed by atoms with Crippen LogP contribution in [0.25, 0.3) is 11.2 Å². The SMILES string of the molecule is CCCCn1c(=O)[nH]c(=O)c2c1nc(CN(CCC#N)Cc1ccco1)n2CC. The Morgan fingerprint density at radius 2 is 2.10 bits per heavy atom. The fourth-order valence-electron chi connectivity index (χ4n) is 3.45. The number of aromatic nitrogens is 4. The summed E-state index contributed by atoms with van der Waals surface area (Å²) in [6.07, 6.45) is 3.74. The van der Waals surface area contributed by atoms with E-state index in [0.29, 0.717) is 56.1 Å². The number of aryl methyl sites for hydroxylation is 2. The summed E-state index contributed by atoms with van der Waals surface area (Å²) in [5, 5.41) is 9.00. The maximum absolute atomic E-state index is 12.5. The highest BCUT2D eigenvalue weighted by atomic mass is 16.3. The van der Waals surface area contributed by atoms with Crippen LogP contribution in [0.1, 0.15) is 44.7 Å². The maximum atomic E-state index is 12.5. The van der Waals surface area contributed by atoms with Gasteiger partial charge in [0.1, 0.15) is 11.6 Å². The van der Waals surface area contributed by atoms with Gasteiger partial charge in [0, 0.05) is 26.1 Å². The third-order valence-corrected chi connectivity index (χ3v) is 4.88. The van der Waals surface area contributed by atoms with Gasteiger partial charge < -0.3 is 8.98 Å². The first kappa shape index (κ1) is 20.6. The maximum Gasteiger partial charge on any atom is 0.330 e. The predicted molar refractivity (Wildman–Crippen MR) is 108 cm³/mol. The highest BCUT2D eigenvalue weighted by molar-refractivity contribution is 5.71. The Hall–Kier alpha value is -3.12. The summed E-state index contributed by atoms with van der Waals surface area (Å²) in [5.74, 6) is 1.48. The van der Waals surface area contributed by atoms with E-state index in [1.165, 1.54) is 0 Å². The summed E-state index contributed by atoms with van der Waals surface area (Å²) < 4.78 is 8.83. The van der Waals surface area contributed by atoms with Crippen molar-refractivity contribution >= 4 is 11.2 Å². The summed E-state index contributed by atoms with van der Waals surface area (Å²) in [5.41, 5.74) is -0.0214. The third-order valence-electron chi connectivity index (χ3n) is 4.88. The number of nitrogens with one attached hydrogen (secondary N) is 1. The topological polar surface area (TPSA) is 113 Å². The average Bonchev–Trinajstić information content (AvgIpc) is 3.33. The number of unbranched alkanes of at least 4 members (excludes halogenated alkanes) is 1. The van der Waals surface area contributed by atoms with Crippen LogP contribution in [0.4, 0.5) is 0 Å². The van der Waals surface area contributed by atoms with Gasteiger partial charge in [-0.3, -0.25) is 19.2 Å². The molecule has 3 rings (SSSR count). The zero-order valence-corrected chi connectivity index (χ0v) is 16.8. The van der Waals surface area contributed by atoms with Crippen molar-refractivity contribution in [3.05, 3.63) is 50.8 Å². The smallest absolute Gasteiger partial charge is 0.330 e. The second kappa shape index (κ2) is 9.39. The Bertz CT molecular complexity index is 1100. The quantitative estimate of drug-likeness (QED) is 0.560. The van der Waals surface area contributed by atoms with E-state index in [1.807, 2.05) is 30.5 Å². The first-order valence-corrected chi connectivity index (χ1v) is 9.92. The second-order valence-electron chi connectivity index (χ2n) is 6.91. The molecular formula is C20H26N6O3. The van der Waals surface area contributed by atoms with E-state index in [0.717, 1.165) is 18.6 Å². The van der Waals surface area contributed by atoms with E-state index in [1.54, 1.807) is 10.8 Å². The molecule has 0 radical (unpaired) electrons. The number of fused-ring (bicyclic) bond motifs is 1. The molecule has 3 aromatic rings. The minimum Gasteiger partial charge on any atom is -0.468 e. The monoisotopic (exact) mass is 398 g/mol. The lowest BCUT2D eigenvalue weighted by Gasteiger charge is -2.20. The molecule has 3 aromatic heterocycles. The molecular weight excluding hydrogens is 372 g/mol. The van der Waals surface area contributed by atoms with Crippen molar-refractivity contribution in [2.45, 2.75) is 59.3 Å². The van der Waals surface area contributed by atoms with Gasteiger partial charge in [-0.25, -0.2) is 9.78 Å². The molecule has 0 amide bonds. The number of hydrogen-bond acceptors (Lipinski definition) is 6. The molecule has 0 unspecified atom stereocenters. The Balaban J connectivity index is 2.02. The first-order chi connectivity index (χ1) is 14.1. The molecule has 154 valence electrons. The second-order valence-corrected chi connectivity index (χ2v) is 6.91. The molecule has 0 aliphatic carbocycles. The number of H-pyrrole nitrogens is 1. The van der Waals surface area contributed by atoms with E-state index in [-0.39, 0.29) is 0 Å². The Morgan fingerprint density at radius 3 is 2.76 bits per heavy atom. The Morgan fingerprint density at radius 1 is 1.28 bits per heavy atom. The van der Waals surface area contributed by atoms with Gasteiger partial charge in [-0.15, -0.1) is 0 Å². The molecule has 9 heteroatoms. The minimum atomic E-state index is -0.430. The largest absolute Gasteiger partial charge is 0.468 e. The fourth-order valence-corrected chi connectivity index (χ4v) is 3.45. The molecule has 0 saturated heterocycles. The zero-order chi connectivity index (χ0) is 20.8. The van der Waals surface area contributed by atoms with Crippen molar-refractivity contribution in [3.8, 4) is 6.07 Å². The number of nitrogens with zero attached hydrogens (tertiary/aromatic N) is 5. The van der Waals surface area contributed by atoms with Crippen LogP contribution in [-0.2, 0) is 26.2 Å². The van der Waals surface area contributed by atoms with Gasteiger partial charge in [0.2, 0.25) is 0 Å². The van der Waals surface area contributed by atoms with Gasteiger partial charge in [-0.05, 0) is 25.5 Å². The molecule has 0 saturated carbocycles. The molecule has 3 heterocycles. The van der Waals surface area contributed by atoms with E-state index >= 15 is 0 Å². The number of aromatic amines is 1. The molecule has 0 fully saturated rings. The van der Waals surface area contributed by atoms with Crippen LogP contribution in [0.5, 0.6) is 0 Å². The van der Waals surface area contributed by atoms with Crippen molar-refractivity contribution in [2.24, 2.45) is 0 Å². The molecule has 0 aliphatic heterocycles. The van der Waals surface area contributed by atoms with Crippen LogP contribution in [0, 0.1) is 11.3 Å². The molecule has 0 atom stereocenters. The van der Waals surface area contributed by atoms with Gasteiger partial charge >= 0.3 is 5.69 Å². The Labute approximate surface area is 168 Å². The summed E-state index contributed by atoms with van der Waals surface area (Å²) in [6.45, 7) is 6.56. The predicted octanol–water partition coefficient (Wildman–Crippen LogP) is 2.22. The van der Waals surface area contributed by atoms with Gasteiger partial charge in [0.15, 0.2) is 11.2 Å². The summed E-state index contributed by atoms with van der Waals surface area (Å²) in [7, 11) is 0. The number of furan rings is 1. The van der Waals surface area contributed by atoms with Gasteiger partial charge in [0.05, 0.1) is 25.4 Å². The van der Waals surface area contributed by atoms with Gasteiger partial charge in [-0.1, -0.05) is 13.3 Å². The zero-order valence-electron chi connectivity index (χ0n) is 16.8. The third kappa shape index (κ3) is 4.49. The lowest BCUT2D eigenvalue weighted by molar-refractivity contribution is 0.232. The van der Waals surface area contributed by atoms with Crippen LogP contribution in [0.2, 0.25) is 0 Å². The van der Waals surface area contributed by atoms with Crippen LogP contribution < -0.4 is 11.2 Å². The standard InChI is InChI=1S/C20H26N6O3/c1-3-5-11-26-18-17(19(27)23-20(26)28)25(4-2)16(22-18)14-24(10-7-9-21)13-15-8-6-12-29-15/h6,8,12H,3-5,7,10-11,13-14H2,1-2H3,(H,23,27,28). The number of nitriles is 1. The first-order valence-electron chi connectivity index (χ1n) is 9.92. The molecule has 1 N–H and O–H groups in total. The highest BCUT2D eigenvalue weighted by Gasteiger charge is 2.20. The lowest BCUT2D eigenvalue weighted by Crippen LogP contribution is -2.31. The Kier molecular flexibility index (Phi) is 6.67. The van der Waals surface area contributed by atoms with Crippen LogP contribution in [0.3, 0.4) is 0 Å². The molecule has 29 heavy (non-hydrogen) atoms. The van der Waals surface area contributed by atoms with Gasteiger partial charge in [0.25, 0.3) is 5.56 Å². The molecule has 0 aliphatic rings. The summed E-state index contributed by atoms with van der Waals surface area (Å²) >= 11 is 0. The fraction of sp³-hybridized carbons (Fsp3) is 0.500. The van der Waals surface area contributed by atoms with Crippen LogP contribution >= 0.6 is 0 Å². The van der Waals surface area contributed by atoms with Crippen molar-refractivity contribution in [1.29, 1.82) is 5.26 Å². The van der Waals surface area contributed by atoms with Crippen molar-refractivity contribution in [3.63, 3.8) is 0 Å². The van der Waals surface area contributed by atoms with Gasteiger partial charge in [-0.2, -0.15) is 5.26 Å². The van der Waals surface area contributed by atoms with E-state index < -0.39 is 11.2 Å². The van der Waals surface area contributed by atoms with Crippen molar-refractivity contribution in [1.82, 2.24) is 24.0 Å². The number of imidazole rings is 1. The van der Waals surface area contributed by atoms with Crippen molar-refractivity contribution < 1.29 is 4.42 Å². The normalized spacial score (nSPS) is 11.4. The number of hydrogen-bond donors (Lipinski definition) is 1. The highest BCUT2D eigenvalue weighted by Crippen LogP contribution is 2.16. The van der Waals surface area contributed by atoms with Crippen molar-refractivity contribution in [2.75, 3.05) is 6.54 Å². The van der Waals surface area contributed by atoms with E-state index in [2.05, 4.69) is 20.9 Å². The molecule has 0 spiro atoms. The minimum absolute atomic E-state index is 0.370. The lowest BCUT2D eigenvalue weighted by atomic mass is 10.3. The molecule has 0 aromatic carbocycles. The summed E-state index contributed by atoms with van der Waals surface area (Å²) in [6, 6.07) is 5.88. The van der Waals surface area contributed by atoms with E-state index in [9.17, 15) is 9.59 Å². The van der Waals surface area contributed by atoms with Crippen LogP contribution in [0.15, 0.2) is 32.4 Å². The van der Waals surface area contributed by atoms with Crippen LogP contribution in [-0.4, -0.2) is 30.5 Å². The van der Waals surface area contributed by atoms with E-state index in [4.69, 9.17) is 9.68 Å². The molecule has 0 bridgehead atoms.